The van der Waals surface area contributed by atoms with Gasteiger partial charge in [0.15, 0.2) is 11.5 Å². The molecule has 0 amide bonds. The molecule has 0 aromatic heterocycles. The molecule has 0 unspecified atom stereocenters. The zero-order chi connectivity index (χ0) is 16.7. The number of rotatable bonds is 7. The second-order valence-electron chi connectivity index (χ2n) is 5.32. The summed E-state index contributed by atoms with van der Waals surface area (Å²) >= 11 is 0. The Kier molecular flexibility index (Phi) is 6.03. The third-order valence-corrected chi connectivity index (χ3v) is 3.59. The van der Waals surface area contributed by atoms with Gasteiger partial charge in [-0.3, -0.25) is 4.79 Å². The van der Waals surface area contributed by atoms with E-state index in [0.717, 1.165) is 16.7 Å². The van der Waals surface area contributed by atoms with Gasteiger partial charge in [-0.05, 0) is 49.1 Å². The van der Waals surface area contributed by atoms with Gasteiger partial charge in [-0.2, -0.15) is 0 Å². The Morgan fingerprint density at radius 2 is 1.96 bits per heavy atom. The van der Waals surface area contributed by atoms with Crippen LogP contribution in [0, 0.1) is 6.92 Å². The summed E-state index contributed by atoms with van der Waals surface area (Å²) in [7, 11) is 0. The molecular weight excluding hydrogens is 292 g/mol. The maximum absolute atomic E-state index is 11.4. The fourth-order valence-electron chi connectivity index (χ4n) is 2.25. The molecule has 0 saturated heterocycles. The van der Waals surface area contributed by atoms with Crippen LogP contribution in [0.2, 0.25) is 0 Å². The molecule has 0 bridgehead atoms. The van der Waals surface area contributed by atoms with Gasteiger partial charge < -0.3 is 14.6 Å². The lowest BCUT2D eigenvalue weighted by atomic mass is 10.1. The van der Waals surface area contributed by atoms with Crippen LogP contribution in [0.25, 0.3) is 0 Å². The van der Waals surface area contributed by atoms with Crippen LogP contribution in [0.1, 0.15) is 30.0 Å². The maximum atomic E-state index is 11.4. The van der Waals surface area contributed by atoms with E-state index in [9.17, 15) is 9.90 Å². The maximum Gasteiger partial charge on any atom is 0.306 e. The van der Waals surface area contributed by atoms with Crippen LogP contribution in [0.15, 0.2) is 42.5 Å². The Morgan fingerprint density at radius 3 is 2.65 bits per heavy atom. The molecule has 0 aliphatic carbocycles. The zero-order valence-corrected chi connectivity index (χ0v) is 13.5. The van der Waals surface area contributed by atoms with Gasteiger partial charge in [0.2, 0.25) is 0 Å². The Morgan fingerprint density at radius 1 is 1.17 bits per heavy atom. The zero-order valence-electron chi connectivity index (χ0n) is 13.5. The highest BCUT2D eigenvalue weighted by Crippen LogP contribution is 2.28. The molecule has 0 aliphatic heterocycles. The molecule has 0 fully saturated rings. The fourth-order valence-corrected chi connectivity index (χ4v) is 2.25. The number of aromatic hydroxyl groups is 1. The number of carbonyl (C=O) groups is 1. The monoisotopic (exact) mass is 314 g/mol. The normalized spacial score (nSPS) is 10.3. The molecule has 4 nitrogen and oxygen atoms in total. The Bertz CT molecular complexity index is 664. The highest BCUT2D eigenvalue weighted by atomic mass is 16.5. The van der Waals surface area contributed by atoms with Crippen LogP contribution in [0.3, 0.4) is 0 Å². The molecule has 2 aromatic carbocycles. The quantitative estimate of drug-likeness (QED) is 0.790. The van der Waals surface area contributed by atoms with Crippen LogP contribution < -0.4 is 4.74 Å². The minimum absolute atomic E-state index is 0.0833. The predicted molar refractivity (Wildman–Crippen MR) is 88.6 cm³/mol. The number of carbonyl (C=O) groups excluding carboxylic acids is 1. The first-order chi connectivity index (χ1) is 11.1. The summed E-state index contributed by atoms with van der Waals surface area (Å²) in [6.45, 7) is 4.60. The average molecular weight is 314 g/mol. The highest BCUT2D eigenvalue weighted by Gasteiger charge is 2.08. The number of benzene rings is 2. The molecule has 122 valence electrons. The van der Waals surface area contributed by atoms with E-state index in [4.69, 9.17) is 9.47 Å². The molecule has 2 aromatic rings. The van der Waals surface area contributed by atoms with Crippen molar-refractivity contribution < 1.29 is 19.4 Å². The largest absolute Gasteiger partial charge is 0.504 e. The van der Waals surface area contributed by atoms with E-state index in [-0.39, 0.29) is 11.7 Å². The number of phenolic OH excluding ortho intramolecular Hbond substituents is 1. The standard InChI is InChI=1S/C19H22O4/c1-3-22-19(21)11-9-15-8-10-18(17(20)12-15)23-13-16-7-5-4-6-14(16)2/h4-8,10,12,20H,3,9,11,13H2,1-2H3. The van der Waals surface area contributed by atoms with E-state index < -0.39 is 0 Å². The van der Waals surface area contributed by atoms with Crippen LogP contribution in [-0.2, 0) is 22.6 Å². The second kappa shape index (κ2) is 8.22. The van der Waals surface area contributed by atoms with Gasteiger partial charge in [0.25, 0.3) is 0 Å². The molecule has 0 aliphatic rings. The lowest BCUT2D eigenvalue weighted by Crippen LogP contribution is -2.05. The highest BCUT2D eigenvalue weighted by molar-refractivity contribution is 5.69. The number of esters is 1. The van der Waals surface area contributed by atoms with Crippen molar-refractivity contribution in [2.75, 3.05) is 6.61 Å². The minimum Gasteiger partial charge on any atom is -0.504 e. The summed E-state index contributed by atoms with van der Waals surface area (Å²) in [5.74, 6) is 0.292. The van der Waals surface area contributed by atoms with E-state index in [1.54, 1.807) is 19.1 Å². The topological polar surface area (TPSA) is 55.8 Å². The van der Waals surface area contributed by atoms with E-state index in [2.05, 4.69) is 0 Å². The molecule has 4 heteroatoms. The first-order valence-electron chi connectivity index (χ1n) is 7.75. The first-order valence-corrected chi connectivity index (χ1v) is 7.75. The van der Waals surface area contributed by atoms with E-state index >= 15 is 0 Å². The van der Waals surface area contributed by atoms with Gasteiger partial charge in [0.05, 0.1) is 6.61 Å². The van der Waals surface area contributed by atoms with Crippen LogP contribution in [0.4, 0.5) is 0 Å². The Hall–Kier alpha value is -2.49. The average Bonchev–Trinajstić information content (AvgIpc) is 2.54. The van der Waals surface area contributed by atoms with Crippen molar-refractivity contribution >= 4 is 5.97 Å². The predicted octanol–water partition coefficient (Wildman–Crippen LogP) is 3.78. The molecule has 0 radical (unpaired) electrons. The molecule has 2 rings (SSSR count). The lowest BCUT2D eigenvalue weighted by molar-refractivity contribution is -0.143. The lowest BCUT2D eigenvalue weighted by Gasteiger charge is -2.11. The molecule has 1 N–H and O–H groups in total. The number of ether oxygens (including phenoxy) is 2. The number of aryl methyl sites for hydroxylation is 2. The summed E-state index contributed by atoms with van der Waals surface area (Å²) < 4.78 is 10.6. The summed E-state index contributed by atoms with van der Waals surface area (Å²) in [6, 6.07) is 13.2. The van der Waals surface area contributed by atoms with E-state index in [1.807, 2.05) is 37.3 Å². The minimum atomic E-state index is -0.230. The van der Waals surface area contributed by atoms with Gasteiger partial charge >= 0.3 is 5.97 Å². The molecule has 0 spiro atoms. The van der Waals surface area contributed by atoms with Gasteiger partial charge in [-0.15, -0.1) is 0 Å². The van der Waals surface area contributed by atoms with Gasteiger partial charge in [-0.1, -0.05) is 30.3 Å². The van der Waals surface area contributed by atoms with Crippen LogP contribution in [0.5, 0.6) is 11.5 Å². The van der Waals surface area contributed by atoms with Crippen molar-refractivity contribution in [3.63, 3.8) is 0 Å². The van der Waals surface area contributed by atoms with Crippen molar-refractivity contribution in [3.8, 4) is 11.5 Å². The molecular formula is C19H22O4. The summed E-state index contributed by atoms with van der Waals surface area (Å²) in [5.41, 5.74) is 3.11. The van der Waals surface area contributed by atoms with Gasteiger partial charge in [0, 0.05) is 6.42 Å². The SMILES string of the molecule is CCOC(=O)CCc1ccc(OCc2ccccc2C)c(O)c1. The van der Waals surface area contributed by atoms with Crippen molar-refractivity contribution in [2.24, 2.45) is 0 Å². The van der Waals surface area contributed by atoms with Gasteiger partial charge in [-0.25, -0.2) is 0 Å². The number of hydrogen-bond acceptors (Lipinski definition) is 4. The number of phenols is 1. The summed E-state index contributed by atoms with van der Waals surface area (Å²) in [6.07, 6.45) is 0.834. The summed E-state index contributed by atoms with van der Waals surface area (Å²) in [4.78, 5) is 11.4. The second-order valence-corrected chi connectivity index (χ2v) is 5.32. The van der Waals surface area contributed by atoms with Gasteiger partial charge in [0.1, 0.15) is 6.61 Å². The van der Waals surface area contributed by atoms with E-state index in [0.29, 0.717) is 31.8 Å². The molecule has 23 heavy (non-hydrogen) atoms. The van der Waals surface area contributed by atoms with Crippen LogP contribution >= 0.6 is 0 Å². The molecule has 0 atom stereocenters. The third kappa shape index (κ3) is 5.02. The number of hydrogen-bond donors (Lipinski definition) is 1. The third-order valence-electron chi connectivity index (χ3n) is 3.59. The Labute approximate surface area is 136 Å². The molecule has 0 heterocycles. The smallest absolute Gasteiger partial charge is 0.306 e. The van der Waals surface area contributed by atoms with Crippen molar-refractivity contribution in [1.82, 2.24) is 0 Å². The van der Waals surface area contributed by atoms with Crippen molar-refractivity contribution in [2.45, 2.75) is 33.3 Å². The Balaban J connectivity index is 1.94. The van der Waals surface area contributed by atoms with Crippen LogP contribution in [-0.4, -0.2) is 17.7 Å². The van der Waals surface area contributed by atoms with Crippen molar-refractivity contribution in [1.29, 1.82) is 0 Å². The first kappa shape index (κ1) is 16.9. The fraction of sp³-hybridized carbons (Fsp3) is 0.316. The summed E-state index contributed by atoms with van der Waals surface area (Å²) in [5, 5.41) is 10.1. The van der Waals surface area contributed by atoms with E-state index in [1.165, 1.54) is 0 Å². The molecule has 0 saturated carbocycles. The van der Waals surface area contributed by atoms with Crippen molar-refractivity contribution in [3.05, 3.63) is 59.2 Å².